The molecule has 0 unspecified atom stereocenters. The number of likely N-dealkylation sites (tertiary alicyclic amines) is 1. The van der Waals surface area contributed by atoms with Crippen LogP contribution in [0.25, 0.3) is 0 Å². The minimum Gasteiger partial charge on any atom is -0.492 e. The molecule has 26 heavy (non-hydrogen) atoms. The van der Waals surface area contributed by atoms with Gasteiger partial charge in [-0.2, -0.15) is 0 Å². The minimum atomic E-state index is -0.421. The minimum absolute atomic E-state index is 0.110. The largest absolute Gasteiger partial charge is 0.492 e. The molecule has 0 radical (unpaired) electrons. The number of rotatable bonds is 5. The number of nitrogens with zero attached hydrogens (tertiary/aromatic N) is 2. The summed E-state index contributed by atoms with van der Waals surface area (Å²) in [5.41, 5.74) is 0.513. The van der Waals surface area contributed by atoms with Crippen molar-refractivity contribution in [3.05, 3.63) is 60.2 Å². The summed E-state index contributed by atoms with van der Waals surface area (Å²) in [6.07, 6.45) is 4.19. The second kappa shape index (κ2) is 7.03. The van der Waals surface area contributed by atoms with Crippen LogP contribution in [-0.2, 0) is 11.3 Å². The molecule has 2 aromatic rings. The Morgan fingerprint density at radius 1 is 1.35 bits per heavy atom. The van der Waals surface area contributed by atoms with Crippen molar-refractivity contribution < 1.29 is 13.9 Å². The first-order valence-electron chi connectivity index (χ1n) is 8.94. The molecule has 1 N–H and O–H groups in total. The van der Waals surface area contributed by atoms with E-state index in [1.54, 1.807) is 24.5 Å². The molecule has 2 fully saturated rings. The number of nitrogens with one attached hydrogen (secondary N) is 1. The highest BCUT2D eigenvalue weighted by Crippen LogP contribution is 2.42. The van der Waals surface area contributed by atoms with E-state index in [4.69, 9.17) is 4.74 Å². The highest BCUT2D eigenvalue weighted by atomic mass is 19.1. The lowest BCUT2D eigenvalue weighted by atomic mass is 9.77. The molecule has 0 saturated carbocycles. The fourth-order valence-electron chi connectivity index (χ4n) is 4.08. The lowest BCUT2D eigenvalue weighted by Gasteiger charge is -2.28. The summed E-state index contributed by atoms with van der Waals surface area (Å²) in [7, 11) is 0. The standard InChI is InChI=1S/C20H22FN3O2/c21-17-4-1-3-15(9-17)12-24-8-6-20(14-24)16(10-23-19(20)25)13-26-18-5-2-7-22-11-18/h1-5,7,9,11,16H,6,8,10,12-14H2,(H,23,25)/t16-,20-/m1/s1. The Balaban J connectivity index is 1.43. The monoisotopic (exact) mass is 355 g/mol. The maximum Gasteiger partial charge on any atom is 0.228 e. The predicted octanol–water partition coefficient (Wildman–Crippen LogP) is 2.24. The number of ether oxygens (including phenoxy) is 1. The van der Waals surface area contributed by atoms with Crippen LogP contribution in [0.2, 0.25) is 0 Å². The van der Waals surface area contributed by atoms with Crippen molar-refractivity contribution in [2.75, 3.05) is 26.2 Å². The first-order valence-corrected chi connectivity index (χ1v) is 8.94. The van der Waals surface area contributed by atoms with Gasteiger partial charge in [0.25, 0.3) is 0 Å². The predicted molar refractivity (Wildman–Crippen MR) is 95.0 cm³/mol. The summed E-state index contributed by atoms with van der Waals surface area (Å²) >= 11 is 0. The Morgan fingerprint density at radius 3 is 3.08 bits per heavy atom. The SMILES string of the molecule is O=C1NC[C@H](COc2cccnc2)[C@]12CCN(Cc1cccc(F)c1)C2. The fourth-order valence-corrected chi connectivity index (χ4v) is 4.08. The van der Waals surface area contributed by atoms with E-state index in [9.17, 15) is 9.18 Å². The topological polar surface area (TPSA) is 54.5 Å². The van der Waals surface area contributed by atoms with E-state index in [0.29, 0.717) is 26.2 Å². The van der Waals surface area contributed by atoms with Gasteiger partial charge in [-0.3, -0.25) is 14.7 Å². The van der Waals surface area contributed by atoms with E-state index >= 15 is 0 Å². The number of hydrogen-bond acceptors (Lipinski definition) is 4. The summed E-state index contributed by atoms with van der Waals surface area (Å²) in [5.74, 6) is 0.723. The quantitative estimate of drug-likeness (QED) is 0.894. The zero-order valence-electron chi connectivity index (χ0n) is 14.5. The van der Waals surface area contributed by atoms with Crippen molar-refractivity contribution in [1.29, 1.82) is 0 Å². The lowest BCUT2D eigenvalue weighted by molar-refractivity contribution is -0.128. The lowest BCUT2D eigenvalue weighted by Crippen LogP contribution is -2.40. The van der Waals surface area contributed by atoms with Gasteiger partial charge in [-0.05, 0) is 42.8 Å². The van der Waals surface area contributed by atoms with Crippen molar-refractivity contribution in [2.45, 2.75) is 13.0 Å². The molecule has 0 aliphatic carbocycles. The third-order valence-corrected chi connectivity index (χ3v) is 5.50. The Bertz CT molecular complexity index is 786. The van der Waals surface area contributed by atoms with Gasteiger partial charge in [-0.25, -0.2) is 4.39 Å². The normalized spacial score (nSPS) is 25.6. The van der Waals surface area contributed by atoms with Crippen LogP contribution < -0.4 is 10.1 Å². The highest BCUT2D eigenvalue weighted by molar-refractivity contribution is 5.86. The number of benzene rings is 1. The first-order chi connectivity index (χ1) is 12.7. The molecule has 1 spiro atoms. The molecule has 2 saturated heterocycles. The number of aromatic nitrogens is 1. The molecule has 1 amide bonds. The smallest absolute Gasteiger partial charge is 0.228 e. The Labute approximate surface area is 152 Å². The number of carbonyl (C=O) groups is 1. The van der Waals surface area contributed by atoms with Crippen LogP contribution >= 0.6 is 0 Å². The Morgan fingerprint density at radius 2 is 2.27 bits per heavy atom. The summed E-state index contributed by atoms with van der Waals surface area (Å²) in [6, 6.07) is 10.4. The molecule has 1 aromatic carbocycles. The van der Waals surface area contributed by atoms with E-state index in [-0.39, 0.29) is 17.6 Å². The van der Waals surface area contributed by atoms with Crippen LogP contribution in [0, 0.1) is 17.2 Å². The molecular formula is C20H22FN3O2. The van der Waals surface area contributed by atoms with Crippen LogP contribution in [-0.4, -0.2) is 42.0 Å². The highest BCUT2D eigenvalue weighted by Gasteiger charge is 2.54. The molecule has 2 aliphatic heterocycles. The van der Waals surface area contributed by atoms with Crippen molar-refractivity contribution in [2.24, 2.45) is 11.3 Å². The van der Waals surface area contributed by atoms with Gasteiger partial charge in [-0.1, -0.05) is 12.1 Å². The number of pyridine rings is 1. The number of amides is 1. The number of hydrogen-bond donors (Lipinski definition) is 1. The van der Waals surface area contributed by atoms with Crippen LogP contribution in [0.3, 0.4) is 0 Å². The summed E-state index contributed by atoms with van der Waals surface area (Å²) < 4.78 is 19.3. The van der Waals surface area contributed by atoms with E-state index in [2.05, 4.69) is 15.2 Å². The van der Waals surface area contributed by atoms with Gasteiger partial charge in [0.2, 0.25) is 5.91 Å². The van der Waals surface area contributed by atoms with Crippen LogP contribution in [0.5, 0.6) is 5.75 Å². The van der Waals surface area contributed by atoms with E-state index in [1.807, 2.05) is 18.2 Å². The second-order valence-electron chi connectivity index (χ2n) is 7.15. The average molecular weight is 355 g/mol. The molecule has 2 aliphatic rings. The zero-order valence-corrected chi connectivity index (χ0v) is 14.5. The van der Waals surface area contributed by atoms with Crippen molar-refractivity contribution >= 4 is 5.91 Å². The van der Waals surface area contributed by atoms with Gasteiger partial charge in [-0.15, -0.1) is 0 Å². The van der Waals surface area contributed by atoms with Gasteiger partial charge in [0.15, 0.2) is 0 Å². The first kappa shape index (κ1) is 17.0. The molecule has 2 atom stereocenters. The van der Waals surface area contributed by atoms with Crippen LogP contribution in [0.4, 0.5) is 4.39 Å². The maximum absolute atomic E-state index is 13.4. The van der Waals surface area contributed by atoms with Gasteiger partial charge in [0.1, 0.15) is 11.6 Å². The van der Waals surface area contributed by atoms with Crippen molar-refractivity contribution in [1.82, 2.24) is 15.2 Å². The maximum atomic E-state index is 13.4. The molecule has 136 valence electrons. The Hall–Kier alpha value is -2.47. The summed E-state index contributed by atoms with van der Waals surface area (Å²) in [4.78, 5) is 18.9. The average Bonchev–Trinajstić information content (AvgIpc) is 3.20. The Kier molecular flexibility index (Phi) is 4.59. The molecule has 0 bridgehead atoms. The van der Waals surface area contributed by atoms with Gasteiger partial charge in [0.05, 0.1) is 18.2 Å². The molecule has 6 heteroatoms. The third kappa shape index (κ3) is 3.29. The molecular weight excluding hydrogens is 333 g/mol. The zero-order chi connectivity index (χ0) is 18.0. The number of halogens is 1. The van der Waals surface area contributed by atoms with Gasteiger partial charge >= 0.3 is 0 Å². The summed E-state index contributed by atoms with van der Waals surface area (Å²) in [5, 5.41) is 3.01. The molecule has 4 rings (SSSR count). The van der Waals surface area contributed by atoms with E-state index in [1.165, 1.54) is 6.07 Å². The van der Waals surface area contributed by atoms with Crippen LogP contribution in [0.1, 0.15) is 12.0 Å². The summed E-state index contributed by atoms with van der Waals surface area (Å²) in [6.45, 7) is 3.28. The van der Waals surface area contributed by atoms with Crippen LogP contribution in [0.15, 0.2) is 48.8 Å². The molecule has 1 aromatic heterocycles. The second-order valence-corrected chi connectivity index (χ2v) is 7.15. The van der Waals surface area contributed by atoms with Crippen molar-refractivity contribution in [3.63, 3.8) is 0 Å². The number of carbonyl (C=O) groups excluding carboxylic acids is 1. The van der Waals surface area contributed by atoms with E-state index < -0.39 is 5.41 Å². The van der Waals surface area contributed by atoms with E-state index in [0.717, 1.165) is 24.3 Å². The third-order valence-electron chi connectivity index (χ3n) is 5.50. The van der Waals surface area contributed by atoms with Gasteiger partial charge in [0, 0.05) is 31.7 Å². The molecule has 3 heterocycles. The molecule has 5 nitrogen and oxygen atoms in total. The van der Waals surface area contributed by atoms with Gasteiger partial charge < -0.3 is 10.1 Å². The fraction of sp³-hybridized carbons (Fsp3) is 0.400. The van der Waals surface area contributed by atoms with Crippen molar-refractivity contribution in [3.8, 4) is 5.75 Å².